The van der Waals surface area contributed by atoms with Crippen molar-refractivity contribution in [1.29, 1.82) is 0 Å². The van der Waals surface area contributed by atoms with Crippen LogP contribution in [0.4, 0.5) is 0 Å². The van der Waals surface area contributed by atoms with Gasteiger partial charge in [-0.2, -0.15) is 0 Å². The molecule has 0 spiro atoms. The number of carbonyl (C=O) groups is 1. The Morgan fingerprint density at radius 3 is 2.58 bits per heavy atom. The molecule has 2 aromatic rings. The molecule has 1 amide bonds. The molecule has 2 aromatic carbocycles. The standard InChI is InChI=1S/C18H19Cl2NO2S/c1-12-11-15(5-8-17(12)20)23-13(2)18(22)21-9-10-24-16-6-3-14(19)4-7-16/h3-8,11,13H,9-10H2,1-2H3,(H,21,22)/t13-/m0/s1. The van der Waals surface area contributed by atoms with E-state index in [1.807, 2.05) is 37.3 Å². The van der Waals surface area contributed by atoms with Gasteiger partial charge >= 0.3 is 0 Å². The second-order valence-corrected chi connectivity index (χ2v) is 7.28. The van der Waals surface area contributed by atoms with Crippen molar-refractivity contribution in [2.45, 2.75) is 24.8 Å². The summed E-state index contributed by atoms with van der Waals surface area (Å²) in [6.07, 6.45) is -0.564. The van der Waals surface area contributed by atoms with Gasteiger partial charge in [-0.05, 0) is 61.9 Å². The number of ether oxygens (including phenoxy) is 1. The number of nitrogens with one attached hydrogen (secondary N) is 1. The van der Waals surface area contributed by atoms with Crippen molar-refractivity contribution in [3.8, 4) is 5.75 Å². The van der Waals surface area contributed by atoms with Gasteiger partial charge in [-0.25, -0.2) is 0 Å². The molecule has 0 heterocycles. The van der Waals surface area contributed by atoms with E-state index < -0.39 is 6.10 Å². The van der Waals surface area contributed by atoms with Gasteiger partial charge in [-0.15, -0.1) is 11.8 Å². The highest BCUT2D eigenvalue weighted by molar-refractivity contribution is 7.99. The van der Waals surface area contributed by atoms with Crippen LogP contribution in [0.2, 0.25) is 10.0 Å². The molecule has 0 fully saturated rings. The third-order valence-electron chi connectivity index (χ3n) is 3.30. The van der Waals surface area contributed by atoms with Crippen LogP contribution in [0.5, 0.6) is 5.75 Å². The van der Waals surface area contributed by atoms with Gasteiger partial charge in [0.05, 0.1) is 0 Å². The fourth-order valence-corrected chi connectivity index (χ4v) is 2.98. The van der Waals surface area contributed by atoms with Crippen molar-refractivity contribution in [3.05, 3.63) is 58.1 Å². The molecule has 0 saturated carbocycles. The van der Waals surface area contributed by atoms with E-state index >= 15 is 0 Å². The SMILES string of the molecule is Cc1cc(O[C@@H](C)C(=O)NCCSc2ccc(Cl)cc2)ccc1Cl. The van der Waals surface area contributed by atoms with Gasteiger partial charge in [0.15, 0.2) is 6.10 Å². The van der Waals surface area contributed by atoms with E-state index in [-0.39, 0.29) is 5.91 Å². The van der Waals surface area contributed by atoms with Gasteiger partial charge in [-0.3, -0.25) is 4.79 Å². The predicted octanol–water partition coefficient (Wildman–Crippen LogP) is 4.98. The summed E-state index contributed by atoms with van der Waals surface area (Å²) in [4.78, 5) is 13.2. The van der Waals surface area contributed by atoms with E-state index in [1.165, 1.54) is 0 Å². The van der Waals surface area contributed by atoms with Crippen LogP contribution in [-0.2, 0) is 4.79 Å². The van der Waals surface area contributed by atoms with Crippen molar-refractivity contribution in [2.24, 2.45) is 0 Å². The first kappa shape index (κ1) is 19.0. The zero-order valence-corrected chi connectivity index (χ0v) is 15.8. The minimum atomic E-state index is -0.564. The van der Waals surface area contributed by atoms with Gasteiger partial charge in [0.2, 0.25) is 0 Å². The van der Waals surface area contributed by atoms with E-state index in [0.717, 1.165) is 21.2 Å². The minimum absolute atomic E-state index is 0.140. The smallest absolute Gasteiger partial charge is 0.260 e. The Labute approximate surface area is 156 Å². The molecule has 2 rings (SSSR count). The Bertz CT molecular complexity index is 692. The summed E-state index contributed by atoms with van der Waals surface area (Å²) in [6, 6.07) is 13.0. The molecule has 24 heavy (non-hydrogen) atoms. The van der Waals surface area contributed by atoms with Crippen molar-refractivity contribution in [3.63, 3.8) is 0 Å². The van der Waals surface area contributed by atoms with Crippen LogP contribution in [0, 0.1) is 6.92 Å². The summed E-state index contributed by atoms with van der Waals surface area (Å²) in [5, 5.41) is 4.27. The van der Waals surface area contributed by atoms with E-state index in [9.17, 15) is 4.79 Å². The second-order valence-electron chi connectivity index (χ2n) is 5.26. The summed E-state index contributed by atoms with van der Waals surface area (Å²) < 4.78 is 5.65. The molecule has 0 bridgehead atoms. The van der Waals surface area contributed by atoms with Gasteiger partial charge in [-0.1, -0.05) is 23.2 Å². The molecule has 1 N–H and O–H groups in total. The van der Waals surface area contributed by atoms with E-state index in [2.05, 4.69) is 5.32 Å². The number of hydrogen-bond donors (Lipinski definition) is 1. The van der Waals surface area contributed by atoms with E-state index in [0.29, 0.717) is 17.3 Å². The zero-order chi connectivity index (χ0) is 17.5. The minimum Gasteiger partial charge on any atom is -0.481 e. The second kappa shape index (κ2) is 9.21. The average Bonchev–Trinajstić information content (AvgIpc) is 2.56. The largest absolute Gasteiger partial charge is 0.481 e. The molecule has 0 aliphatic heterocycles. The van der Waals surface area contributed by atoms with Crippen LogP contribution in [0.1, 0.15) is 12.5 Å². The molecule has 128 valence electrons. The lowest BCUT2D eigenvalue weighted by Gasteiger charge is -2.15. The quantitative estimate of drug-likeness (QED) is 0.541. The number of halogens is 2. The van der Waals surface area contributed by atoms with Crippen LogP contribution >= 0.6 is 35.0 Å². The molecule has 0 aliphatic carbocycles. The molecule has 1 atom stereocenters. The molecule has 3 nitrogen and oxygen atoms in total. The monoisotopic (exact) mass is 383 g/mol. The molecule has 0 unspecified atom stereocenters. The fourth-order valence-electron chi connectivity index (χ4n) is 1.97. The maximum atomic E-state index is 12.1. The van der Waals surface area contributed by atoms with E-state index in [4.69, 9.17) is 27.9 Å². The first-order valence-corrected chi connectivity index (χ1v) is 9.29. The predicted molar refractivity (Wildman–Crippen MR) is 101 cm³/mol. The number of aryl methyl sites for hydroxylation is 1. The van der Waals surface area contributed by atoms with Crippen molar-refractivity contribution >= 4 is 40.9 Å². The molecule has 6 heteroatoms. The summed E-state index contributed by atoms with van der Waals surface area (Å²) in [5.41, 5.74) is 0.918. The Balaban J connectivity index is 1.73. The van der Waals surface area contributed by atoms with Gasteiger partial charge in [0.1, 0.15) is 5.75 Å². The molecule has 0 aromatic heterocycles. The number of amides is 1. The summed E-state index contributed by atoms with van der Waals surface area (Å²) in [6.45, 7) is 4.19. The Morgan fingerprint density at radius 2 is 1.92 bits per heavy atom. The number of benzene rings is 2. The molecule has 0 saturated heterocycles. The fraction of sp³-hybridized carbons (Fsp3) is 0.278. The first-order chi connectivity index (χ1) is 11.5. The summed E-state index contributed by atoms with van der Waals surface area (Å²) in [5.74, 6) is 1.27. The average molecular weight is 384 g/mol. The van der Waals surface area contributed by atoms with Crippen molar-refractivity contribution in [2.75, 3.05) is 12.3 Å². The lowest BCUT2D eigenvalue weighted by atomic mass is 10.2. The first-order valence-electron chi connectivity index (χ1n) is 7.54. The van der Waals surface area contributed by atoms with Crippen molar-refractivity contribution < 1.29 is 9.53 Å². The Kier molecular flexibility index (Phi) is 7.28. The Morgan fingerprint density at radius 1 is 1.21 bits per heavy atom. The highest BCUT2D eigenvalue weighted by Gasteiger charge is 2.14. The molecular formula is C18H19Cl2NO2S. The third kappa shape index (κ3) is 5.93. The Hall–Kier alpha value is -1.36. The highest BCUT2D eigenvalue weighted by Crippen LogP contribution is 2.22. The normalized spacial score (nSPS) is 11.8. The van der Waals surface area contributed by atoms with Gasteiger partial charge in [0, 0.05) is 27.2 Å². The highest BCUT2D eigenvalue weighted by atomic mass is 35.5. The lowest BCUT2D eigenvalue weighted by Crippen LogP contribution is -2.37. The zero-order valence-electron chi connectivity index (χ0n) is 13.5. The molecule has 0 radical (unpaired) electrons. The topological polar surface area (TPSA) is 38.3 Å². The van der Waals surface area contributed by atoms with Crippen LogP contribution in [0.25, 0.3) is 0 Å². The summed E-state index contributed by atoms with van der Waals surface area (Å²) in [7, 11) is 0. The van der Waals surface area contributed by atoms with Crippen molar-refractivity contribution in [1.82, 2.24) is 5.32 Å². The third-order valence-corrected chi connectivity index (χ3v) is 4.98. The van der Waals surface area contributed by atoms with Gasteiger partial charge < -0.3 is 10.1 Å². The van der Waals surface area contributed by atoms with Gasteiger partial charge in [0.25, 0.3) is 5.91 Å². The van der Waals surface area contributed by atoms with Crippen LogP contribution in [0.15, 0.2) is 47.4 Å². The number of hydrogen-bond acceptors (Lipinski definition) is 3. The van der Waals surface area contributed by atoms with Crippen LogP contribution < -0.4 is 10.1 Å². The van der Waals surface area contributed by atoms with Crippen LogP contribution in [0.3, 0.4) is 0 Å². The number of carbonyl (C=O) groups excluding carboxylic acids is 1. The maximum absolute atomic E-state index is 12.1. The molecule has 0 aliphatic rings. The molecular weight excluding hydrogens is 365 g/mol. The van der Waals surface area contributed by atoms with E-state index in [1.54, 1.807) is 30.8 Å². The summed E-state index contributed by atoms with van der Waals surface area (Å²) >= 11 is 13.5. The number of thioether (sulfide) groups is 1. The lowest BCUT2D eigenvalue weighted by molar-refractivity contribution is -0.127. The number of rotatable bonds is 7. The maximum Gasteiger partial charge on any atom is 0.260 e. The van der Waals surface area contributed by atoms with Crippen LogP contribution in [-0.4, -0.2) is 24.3 Å².